The number of piperidine rings is 1. The number of halogens is 1. The van der Waals surface area contributed by atoms with E-state index >= 15 is 0 Å². The van der Waals surface area contributed by atoms with Crippen molar-refractivity contribution < 1.29 is 9.59 Å². The number of likely N-dealkylation sites (tertiary alicyclic amines) is 1. The molecule has 1 saturated heterocycles. The maximum Gasteiger partial charge on any atom is 0.251 e. The minimum absolute atomic E-state index is 0. The largest absolute Gasteiger partial charge is 0.352 e. The summed E-state index contributed by atoms with van der Waals surface area (Å²) >= 11 is 0. The summed E-state index contributed by atoms with van der Waals surface area (Å²) in [6.07, 6.45) is 2.29. The molecule has 1 aliphatic rings. The Balaban J connectivity index is 0.00000280. The second kappa shape index (κ2) is 10.8. The Morgan fingerprint density at radius 3 is 2.39 bits per heavy atom. The molecular weight excluding hydrogens is 374 g/mol. The van der Waals surface area contributed by atoms with Gasteiger partial charge in [0.25, 0.3) is 5.91 Å². The first kappa shape index (κ1) is 21.9. The van der Waals surface area contributed by atoms with Gasteiger partial charge in [-0.2, -0.15) is 0 Å². The lowest BCUT2D eigenvalue weighted by Crippen LogP contribution is -2.44. The maximum atomic E-state index is 12.6. The van der Waals surface area contributed by atoms with Gasteiger partial charge in [-0.15, -0.1) is 12.4 Å². The van der Waals surface area contributed by atoms with Crippen molar-refractivity contribution in [3.05, 3.63) is 71.8 Å². The number of hydrogen-bond donors (Lipinski definition) is 2. The molecule has 2 aromatic rings. The molecule has 28 heavy (non-hydrogen) atoms. The minimum atomic E-state index is -0.281. The van der Waals surface area contributed by atoms with Gasteiger partial charge in [-0.1, -0.05) is 48.5 Å². The molecule has 2 amide bonds. The molecule has 1 heterocycles. The first-order chi connectivity index (χ1) is 13.1. The molecule has 1 fully saturated rings. The van der Waals surface area contributed by atoms with Gasteiger partial charge < -0.3 is 16.0 Å². The first-order valence-electron chi connectivity index (χ1n) is 9.55. The van der Waals surface area contributed by atoms with Gasteiger partial charge in [0, 0.05) is 37.7 Å². The summed E-state index contributed by atoms with van der Waals surface area (Å²) in [7, 11) is 0. The molecule has 5 nitrogen and oxygen atoms in total. The Kier molecular flexibility index (Phi) is 8.48. The molecule has 0 spiro atoms. The molecule has 2 unspecified atom stereocenters. The number of carbonyl (C=O) groups excluding carboxylic acids is 2. The zero-order chi connectivity index (χ0) is 19.1. The molecule has 0 saturated carbocycles. The Morgan fingerprint density at radius 2 is 1.71 bits per heavy atom. The number of nitrogens with zero attached hydrogens (tertiary/aromatic N) is 1. The molecular formula is C22H28ClN3O2. The molecule has 1 aliphatic heterocycles. The van der Waals surface area contributed by atoms with Crippen LogP contribution in [0, 0.1) is 5.92 Å². The highest BCUT2D eigenvalue weighted by atomic mass is 35.5. The van der Waals surface area contributed by atoms with Crippen molar-refractivity contribution in [1.82, 2.24) is 10.2 Å². The van der Waals surface area contributed by atoms with Crippen LogP contribution in [-0.2, 0) is 4.79 Å². The fourth-order valence-corrected chi connectivity index (χ4v) is 3.52. The van der Waals surface area contributed by atoms with Crippen LogP contribution in [-0.4, -0.2) is 36.3 Å². The third kappa shape index (κ3) is 6.08. The Hall–Kier alpha value is -2.37. The summed E-state index contributed by atoms with van der Waals surface area (Å²) in [5.41, 5.74) is 7.84. The van der Waals surface area contributed by atoms with Crippen molar-refractivity contribution in [2.75, 3.05) is 19.6 Å². The number of nitrogens with two attached hydrogens (primary N) is 1. The van der Waals surface area contributed by atoms with E-state index in [1.165, 1.54) is 0 Å². The monoisotopic (exact) mass is 401 g/mol. The van der Waals surface area contributed by atoms with Crippen LogP contribution < -0.4 is 11.1 Å². The summed E-state index contributed by atoms with van der Waals surface area (Å²) in [4.78, 5) is 26.7. The van der Waals surface area contributed by atoms with Gasteiger partial charge in [-0.3, -0.25) is 9.59 Å². The third-order valence-electron chi connectivity index (χ3n) is 5.08. The van der Waals surface area contributed by atoms with E-state index in [1.807, 2.05) is 53.4 Å². The van der Waals surface area contributed by atoms with Crippen molar-refractivity contribution in [2.45, 2.75) is 25.3 Å². The zero-order valence-electron chi connectivity index (χ0n) is 15.9. The summed E-state index contributed by atoms with van der Waals surface area (Å²) in [5.74, 6) is 0.305. The average Bonchev–Trinajstić information content (AvgIpc) is 2.73. The van der Waals surface area contributed by atoms with Gasteiger partial charge in [-0.25, -0.2) is 0 Å². The standard InChI is InChI=1S/C22H27N3O2.ClH/c23-20(18-9-3-1-4-10-18)14-21(26)25-13-7-8-17(16-25)15-24-22(27)19-11-5-2-6-12-19;/h1-6,9-12,17,20H,7-8,13-16,23H2,(H,24,27);1H. The van der Waals surface area contributed by atoms with E-state index in [2.05, 4.69) is 5.32 Å². The molecule has 2 atom stereocenters. The van der Waals surface area contributed by atoms with Crippen molar-refractivity contribution in [3.63, 3.8) is 0 Å². The maximum absolute atomic E-state index is 12.6. The Bertz CT molecular complexity index is 755. The molecule has 0 radical (unpaired) electrons. The molecule has 0 aliphatic carbocycles. The quantitative estimate of drug-likeness (QED) is 0.780. The lowest BCUT2D eigenvalue weighted by molar-refractivity contribution is -0.133. The van der Waals surface area contributed by atoms with Crippen LogP contribution in [0.15, 0.2) is 60.7 Å². The van der Waals surface area contributed by atoms with Gasteiger partial charge in [0.2, 0.25) is 5.91 Å². The van der Waals surface area contributed by atoms with Crippen LogP contribution in [0.5, 0.6) is 0 Å². The van der Waals surface area contributed by atoms with Crippen LogP contribution in [0.25, 0.3) is 0 Å². The van der Waals surface area contributed by atoms with Gasteiger partial charge in [0.1, 0.15) is 0 Å². The number of amides is 2. The van der Waals surface area contributed by atoms with Gasteiger partial charge in [-0.05, 0) is 36.5 Å². The SMILES string of the molecule is Cl.NC(CC(=O)N1CCCC(CNC(=O)c2ccccc2)C1)c1ccccc1. The number of benzene rings is 2. The fraction of sp³-hybridized carbons (Fsp3) is 0.364. The molecule has 2 aromatic carbocycles. The first-order valence-corrected chi connectivity index (χ1v) is 9.55. The second-order valence-corrected chi connectivity index (χ2v) is 7.15. The number of nitrogens with one attached hydrogen (secondary N) is 1. The van der Waals surface area contributed by atoms with Gasteiger partial charge in [0.05, 0.1) is 0 Å². The lowest BCUT2D eigenvalue weighted by Gasteiger charge is -2.33. The Morgan fingerprint density at radius 1 is 1.07 bits per heavy atom. The highest BCUT2D eigenvalue weighted by molar-refractivity contribution is 5.94. The van der Waals surface area contributed by atoms with Crippen LogP contribution in [0.2, 0.25) is 0 Å². The van der Waals surface area contributed by atoms with Crippen LogP contribution in [0.3, 0.4) is 0 Å². The van der Waals surface area contributed by atoms with Gasteiger partial charge >= 0.3 is 0 Å². The van der Waals surface area contributed by atoms with Crippen molar-refractivity contribution in [3.8, 4) is 0 Å². The van der Waals surface area contributed by atoms with E-state index in [-0.39, 0.29) is 36.2 Å². The van der Waals surface area contributed by atoms with Crippen LogP contribution in [0.4, 0.5) is 0 Å². The molecule has 0 aromatic heterocycles. The van der Waals surface area contributed by atoms with Gasteiger partial charge in [0.15, 0.2) is 0 Å². The zero-order valence-corrected chi connectivity index (χ0v) is 16.7. The lowest BCUT2D eigenvalue weighted by atomic mass is 9.96. The average molecular weight is 402 g/mol. The van der Waals surface area contributed by atoms with Crippen molar-refractivity contribution in [1.29, 1.82) is 0 Å². The predicted octanol–water partition coefficient (Wildman–Crippen LogP) is 3.17. The van der Waals surface area contributed by atoms with E-state index < -0.39 is 0 Å². The smallest absolute Gasteiger partial charge is 0.251 e. The molecule has 150 valence electrons. The summed E-state index contributed by atoms with van der Waals surface area (Å²) in [6, 6.07) is 18.6. The summed E-state index contributed by atoms with van der Waals surface area (Å²) in [5, 5.41) is 2.99. The molecule has 3 rings (SSSR count). The fourth-order valence-electron chi connectivity index (χ4n) is 3.52. The van der Waals surface area contributed by atoms with Crippen LogP contribution >= 0.6 is 12.4 Å². The predicted molar refractivity (Wildman–Crippen MR) is 113 cm³/mol. The normalized spacial score (nSPS) is 17.3. The summed E-state index contributed by atoms with van der Waals surface area (Å²) < 4.78 is 0. The highest BCUT2D eigenvalue weighted by Gasteiger charge is 2.25. The van der Waals surface area contributed by atoms with Crippen LogP contribution in [0.1, 0.15) is 41.2 Å². The Labute approximate surface area is 172 Å². The molecule has 0 bridgehead atoms. The number of rotatable bonds is 6. The number of hydrogen-bond acceptors (Lipinski definition) is 3. The van der Waals surface area contributed by atoms with Crippen molar-refractivity contribution >= 4 is 24.2 Å². The van der Waals surface area contributed by atoms with E-state index in [9.17, 15) is 9.59 Å². The van der Waals surface area contributed by atoms with E-state index in [1.54, 1.807) is 12.1 Å². The highest BCUT2D eigenvalue weighted by Crippen LogP contribution is 2.20. The molecule has 3 N–H and O–H groups in total. The minimum Gasteiger partial charge on any atom is -0.352 e. The third-order valence-corrected chi connectivity index (χ3v) is 5.08. The number of carbonyl (C=O) groups is 2. The van der Waals surface area contributed by atoms with E-state index in [4.69, 9.17) is 5.73 Å². The topological polar surface area (TPSA) is 75.4 Å². The molecule has 6 heteroatoms. The van der Waals surface area contributed by atoms with E-state index in [0.29, 0.717) is 25.1 Å². The summed E-state index contributed by atoms with van der Waals surface area (Å²) in [6.45, 7) is 2.03. The second-order valence-electron chi connectivity index (χ2n) is 7.15. The van der Waals surface area contributed by atoms with E-state index in [0.717, 1.165) is 24.9 Å². The van der Waals surface area contributed by atoms with Crippen molar-refractivity contribution in [2.24, 2.45) is 11.7 Å².